The van der Waals surface area contributed by atoms with Crippen molar-refractivity contribution in [3.63, 3.8) is 0 Å². The van der Waals surface area contributed by atoms with E-state index in [0.29, 0.717) is 0 Å². The number of hydrogen-bond acceptors (Lipinski definition) is 6. The molecule has 1 aromatic rings. The average Bonchev–Trinajstić information content (AvgIpc) is 2.51. The molecule has 0 aromatic heterocycles. The molecule has 0 unspecified atom stereocenters. The fourth-order valence-electron chi connectivity index (χ4n) is 2.16. The predicted molar refractivity (Wildman–Crippen MR) is 88.3 cm³/mol. The topological polar surface area (TPSA) is 97.8 Å². The second kappa shape index (κ2) is 8.25. The van der Waals surface area contributed by atoms with Crippen LogP contribution in [0.25, 0.3) is 0 Å². The van der Waals surface area contributed by atoms with Gasteiger partial charge in [0.1, 0.15) is 11.3 Å². The smallest absolute Gasteiger partial charge is 0.344 e. The zero-order chi connectivity index (χ0) is 20.3. The number of sulfonamides is 2. The van der Waals surface area contributed by atoms with Gasteiger partial charge >= 0.3 is 5.97 Å². The van der Waals surface area contributed by atoms with Gasteiger partial charge in [-0.2, -0.15) is 3.71 Å². The number of methoxy groups -OCH3 is 1. The van der Waals surface area contributed by atoms with Crippen LogP contribution in [0.2, 0.25) is 0 Å². The standard InChI is InChI=1S/C14H18F3NO6S2/c1-4-6-25(20,21)18(26(22,23)7-5-2)10-8-9(15)12(16)11(13(10)17)14(19)24-3/h8H,4-7H2,1-3H3. The van der Waals surface area contributed by atoms with E-state index in [4.69, 9.17) is 0 Å². The number of nitrogens with zero attached hydrogens (tertiary/aromatic N) is 1. The van der Waals surface area contributed by atoms with Crippen LogP contribution in [-0.4, -0.2) is 41.4 Å². The molecular weight excluding hydrogens is 399 g/mol. The van der Waals surface area contributed by atoms with Crippen molar-refractivity contribution in [2.24, 2.45) is 0 Å². The Labute approximate surface area is 149 Å². The lowest BCUT2D eigenvalue weighted by Crippen LogP contribution is -2.40. The van der Waals surface area contributed by atoms with Gasteiger partial charge in [-0.25, -0.2) is 34.8 Å². The van der Waals surface area contributed by atoms with Crippen molar-refractivity contribution in [1.82, 2.24) is 0 Å². The van der Waals surface area contributed by atoms with Crippen LogP contribution in [0.15, 0.2) is 6.07 Å². The molecule has 26 heavy (non-hydrogen) atoms. The summed E-state index contributed by atoms with van der Waals surface area (Å²) in [6.07, 6.45) is -0.0364. The number of ether oxygens (including phenoxy) is 1. The van der Waals surface area contributed by atoms with Crippen molar-refractivity contribution < 1.29 is 39.5 Å². The highest BCUT2D eigenvalue weighted by Crippen LogP contribution is 2.32. The Hall–Kier alpha value is -1.82. The van der Waals surface area contributed by atoms with Gasteiger partial charge in [0.2, 0.25) is 20.0 Å². The summed E-state index contributed by atoms with van der Waals surface area (Å²) >= 11 is 0. The molecule has 0 N–H and O–H groups in total. The van der Waals surface area contributed by atoms with Gasteiger partial charge in [0.05, 0.1) is 18.6 Å². The molecule has 7 nitrogen and oxygen atoms in total. The average molecular weight is 417 g/mol. The number of carbonyl (C=O) groups excluding carboxylic acids is 1. The monoisotopic (exact) mass is 417 g/mol. The van der Waals surface area contributed by atoms with Crippen LogP contribution in [0.3, 0.4) is 0 Å². The van der Waals surface area contributed by atoms with Gasteiger partial charge in [-0.15, -0.1) is 0 Å². The van der Waals surface area contributed by atoms with Gasteiger partial charge in [0.15, 0.2) is 17.5 Å². The highest BCUT2D eigenvalue weighted by atomic mass is 32.3. The molecule has 0 aliphatic carbocycles. The van der Waals surface area contributed by atoms with E-state index in [0.717, 1.165) is 7.11 Å². The summed E-state index contributed by atoms with van der Waals surface area (Å²) in [4.78, 5) is 11.5. The lowest BCUT2D eigenvalue weighted by Gasteiger charge is -2.24. The highest BCUT2D eigenvalue weighted by molar-refractivity contribution is 8.10. The van der Waals surface area contributed by atoms with Crippen LogP contribution in [0.4, 0.5) is 18.9 Å². The normalized spacial score (nSPS) is 12.1. The second-order valence-corrected chi connectivity index (χ2v) is 9.31. The zero-order valence-electron chi connectivity index (χ0n) is 14.3. The van der Waals surface area contributed by atoms with E-state index in [1.807, 2.05) is 0 Å². The zero-order valence-corrected chi connectivity index (χ0v) is 15.9. The van der Waals surface area contributed by atoms with Crippen molar-refractivity contribution in [2.45, 2.75) is 26.7 Å². The molecule has 0 saturated heterocycles. The summed E-state index contributed by atoms with van der Waals surface area (Å²) in [6.45, 7) is 2.87. The first-order valence-corrected chi connectivity index (χ1v) is 10.7. The Morgan fingerprint density at radius 2 is 1.46 bits per heavy atom. The number of anilines is 1. The number of halogens is 3. The minimum absolute atomic E-state index is 0.0182. The van der Waals surface area contributed by atoms with E-state index in [2.05, 4.69) is 4.74 Å². The van der Waals surface area contributed by atoms with Crippen molar-refractivity contribution in [1.29, 1.82) is 0 Å². The van der Waals surface area contributed by atoms with Gasteiger partial charge in [-0.3, -0.25) is 0 Å². The quantitative estimate of drug-likeness (QED) is 0.475. The third-order valence-electron chi connectivity index (χ3n) is 3.15. The molecule has 0 atom stereocenters. The van der Waals surface area contributed by atoms with E-state index in [9.17, 15) is 34.8 Å². The SMILES string of the molecule is CCCS(=O)(=O)N(c1cc(F)c(F)c(C(=O)OC)c1F)S(=O)(=O)CCC. The fourth-order valence-corrected chi connectivity index (χ4v) is 6.22. The fraction of sp³-hybridized carbons (Fsp3) is 0.500. The van der Waals surface area contributed by atoms with Crippen LogP contribution in [0.1, 0.15) is 37.0 Å². The Kier molecular flexibility index (Phi) is 7.05. The van der Waals surface area contributed by atoms with Crippen LogP contribution < -0.4 is 3.71 Å². The molecule has 0 radical (unpaired) electrons. The van der Waals surface area contributed by atoms with Crippen molar-refractivity contribution in [3.05, 3.63) is 29.1 Å². The minimum atomic E-state index is -4.64. The number of carbonyl (C=O) groups is 1. The van der Waals surface area contributed by atoms with Gasteiger partial charge < -0.3 is 4.74 Å². The maximum Gasteiger partial charge on any atom is 0.344 e. The first-order chi connectivity index (χ1) is 11.9. The molecule has 0 spiro atoms. The van der Waals surface area contributed by atoms with E-state index in [-0.39, 0.29) is 22.6 Å². The van der Waals surface area contributed by atoms with Gasteiger partial charge in [-0.05, 0) is 12.8 Å². The molecular formula is C14H18F3NO6S2. The first kappa shape index (κ1) is 22.2. The summed E-state index contributed by atoms with van der Waals surface area (Å²) in [6, 6.07) is 0.0809. The summed E-state index contributed by atoms with van der Waals surface area (Å²) in [5.74, 6) is -8.58. The summed E-state index contributed by atoms with van der Waals surface area (Å²) in [5.41, 5.74) is -2.82. The molecule has 0 fully saturated rings. The summed E-state index contributed by atoms with van der Waals surface area (Å²) in [5, 5.41) is 0. The number of hydrogen-bond donors (Lipinski definition) is 0. The van der Waals surface area contributed by atoms with Crippen LogP contribution in [-0.2, 0) is 24.8 Å². The molecule has 0 aliphatic rings. The molecule has 0 amide bonds. The van der Waals surface area contributed by atoms with Crippen molar-refractivity contribution in [2.75, 3.05) is 22.3 Å². The van der Waals surface area contributed by atoms with Crippen LogP contribution in [0.5, 0.6) is 0 Å². The summed E-state index contributed by atoms with van der Waals surface area (Å²) in [7, 11) is -8.52. The third kappa shape index (κ3) is 4.29. The third-order valence-corrected chi connectivity index (χ3v) is 7.77. The first-order valence-electron chi connectivity index (χ1n) is 7.46. The maximum absolute atomic E-state index is 14.7. The van der Waals surface area contributed by atoms with Gasteiger partial charge in [0, 0.05) is 6.07 Å². The van der Waals surface area contributed by atoms with Gasteiger partial charge in [0.25, 0.3) is 0 Å². The number of rotatable bonds is 8. The van der Waals surface area contributed by atoms with E-state index >= 15 is 0 Å². The minimum Gasteiger partial charge on any atom is -0.465 e. The molecule has 12 heteroatoms. The van der Waals surface area contributed by atoms with Crippen molar-refractivity contribution in [3.8, 4) is 0 Å². The predicted octanol–water partition coefficient (Wildman–Crippen LogP) is 2.18. The Bertz CT molecular complexity index is 864. The Morgan fingerprint density at radius 1 is 1.00 bits per heavy atom. The summed E-state index contributed by atoms with van der Waals surface area (Å²) < 4.78 is 95.8. The Morgan fingerprint density at radius 3 is 1.85 bits per heavy atom. The van der Waals surface area contributed by atoms with E-state index in [1.54, 1.807) is 0 Å². The number of esters is 1. The van der Waals surface area contributed by atoms with Crippen molar-refractivity contribution >= 4 is 31.7 Å². The molecule has 148 valence electrons. The number of benzene rings is 1. The highest BCUT2D eigenvalue weighted by Gasteiger charge is 2.38. The Balaban J connectivity index is 3.90. The molecule has 0 heterocycles. The molecule has 1 rings (SSSR count). The largest absolute Gasteiger partial charge is 0.465 e. The van der Waals surface area contributed by atoms with Crippen LogP contribution >= 0.6 is 0 Å². The van der Waals surface area contributed by atoms with Crippen LogP contribution in [0, 0.1) is 17.5 Å². The molecule has 0 bridgehead atoms. The molecule has 0 saturated carbocycles. The molecule has 0 aliphatic heterocycles. The van der Waals surface area contributed by atoms with E-state index < -0.39 is 66.2 Å². The lowest BCUT2D eigenvalue weighted by molar-refractivity contribution is 0.0588. The molecule has 1 aromatic carbocycles. The maximum atomic E-state index is 14.7. The second-order valence-electron chi connectivity index (χ2n) is 5.20. The van der Waals surface area contributed by atoms with Gasteiger partial charge in [-0.1, -0.05) is 13.8 Å². The van der Waals surface area contributed by atoms with E-state index in [1.165, 1.54) is 13.8 Å². The lowest BCUT2D eigenvalue weighted by atomic mass is 10.1.